The maximum Gasteiger partial charge on any atom is 0.191 e. The molecule has 0 aliphatic carbocycles. The molecule has 0 aliphatic rings. The van der Waals surface area contributed by atoms with Crippen LogP contribution in [0.1, 0.15) is 12.0 Å². The normalized spacial score (nSPS) is 10.9. The van der Waals surface area contributed by atoms with Crippen LogP contribution in [0.4, 0.5) is 5.82 Å². The van der Waals surface area contributed by atoms with Crippen LogP contribution in [-0.2, 0) is 6.54 Å². The Bertz CT molecular complexity index is 989. The molecule has 0 saturated heterocycles. The van der Waals surface area contributed by atoms with Gasteiger partial charge in [0.15, 0.2) is 5.43 Å². The lowest BCUT2D eigenvalue weighted by Gasteiger charge is -2.12. The first-order valence-corrected chi connectivity index (χ1v) is 10.3. The molecule has 0 radical (unpaired) electrons. The summed E-state index contributed by atoms with van der Waals surface area (Å²) >= 11 is 7.03. The van der Waals surface area contributed by atoms with Crippen molar-refractivity contribution in [1.82, 2.24) is 10.3 Å². The number of aromatic amines is 1. The number of ether oxygens (including phenoxy) is 1. The van der Waals surface area contributed by atoms with Crippen LogP contribution in [0, 0.1) is 0 Å². The van der Waals surface area contributed by atoms with E-state index >= 15 is 0 Å². The molecule has 3 rings (SSSR count). The number of rotatable bonds is 8. The Morgan fingerprint density at radius 1 is 1.11 bits per heavy atom. The second-order valence-electron chi connectivity index (χ2n) is 6.13. The van der Waals surface area contributed by atoms with Crippen LogP contribution in [-0.4, -0.2) is 25.2 Å². The summed E-state index contributed by atoms with van der Waals surface area (Å²) in [6, 6.07) is 13.2. The SMILES string of the molecule is COc1c(Br)cc(Br)cc1CNCCCNc1cc(=O)c2ccccc2[nH]1. The number of methoxy groups -OCH3 is 1. The summed E-state index contributed by atoms with van der Waals surface area (Å²) < 4.78 is 7.40. The molecule has 1 aromatic heterocycles. The second kappa shape index (κ2) is 9.39. The topological polar surface area (TPSA) is 66.2 Å². The fourth-order valence-electron chi connectivity index (χ4n) is 2.93. The molecule has 3 aromatic rings. The average Bonchev–Trinajstić information content (AvgIpc) is 2.64. The van der Waals surface area contributed by atoms with Crippen molar-refractivity contribution in [2.24, 2.45) is 0 Å². The van der Waals surface area contributed by atoms with E-state index in [1.165, 1.54) is 0 Å². The Balaban J connectivity index is 1.48. The van der Waals surface area contributed by atoms with E-state index in [1.807, 2.05) is 30.3 Å². The van der Waals surface area contributed by atoms with Gasteiger partial charge in [-0.25, -0.2) is 0 Å². The summed E-state index contributed by atoms with van der Waals surface area (Å²) in [6.45, 7) is 2.33. The van der Waals surface area contributed by atoms with E-state index in [0.717, 1.165) is 51.1 Å². The maximum atomic E-state index is 12.1. The Morgan fingerprint density at radius 3 is 2.74 bits per heavy atom. The van der Waals surface area contributed by atoms with Crippen molar-refractivity contribution >= 4 is 48.6 Å². The zero-order valence-electron chi connectivity index (χ0n) is 14.9. The number of para-hydroxylation sites is 1. The number of pyridine rings is 1. The van der Waals surface area contributed by atoms with Crippen LogP contribution >= 0.6 is 31.9 Å². The van der Waals surface area contributed by atoms with Crippen LogP contribution in [0.2, 0.25) is 0 Å². The first-order valence-electron chi connectivity index (χ1n) is 8.67. The van der Waals surface area contributed by atoms with Crippen LogP contribution in [0.5, 0.6) is 5.75 Å². The predicted octanol–water partition coefficient (Wildman–Crippen LogP) is 4.65. The first kappa shape index (κ1) is 19.9. The summed E-state index contributed by atoms with van der Waals surface area (Å²) in [7, 11) is 1.67. The highest BCUT2D eigenvalue weighted by molar-refractivity contribution is 9.11. The van der Waals surface area contributed by atoms with Gasteiger partial charge in [-0.05, 0) is 53.2 Å². The molecule has 5 nitrogen and oxygen atoms in total. The fourth-order valence-corrected chi connectivity index (χ4v) is 4.40. The highest BCUT2D eigenvalue weighted by Gasteiger charge is 2.08. The lowest BCUT2D eigenvalue weighted by Crippen LogP contribution is -2.18. The molecule has 2 aromatic carbocycles. The number of hydrogen-bond acceptors (Lipinski definition) is 4. The van der Waals surface area contributed by atoms with E-state index < -0.39 is 0 Å². The molecule has 0 atom stereocenters. The number of halogens is 2. The predicted molar refractivity (Wildman–Crippen MR) is 118 cm³/mol. The first-order chi connectivity index (χ1) is 13.1. The Labute approximate surface area is 174 Å². The maximum absolute atomic E-state index is 12.1. The van der Waals surface area contributed by atoms with Crippen LogP contribution in [0.15, 0.2) is 56.2 Å². The van der Waals surface area contributed by atoms with Crippen molar-refractivity contribution in [3.05, 3.63) is 67.2 Å². The van der Waals surface area contributed by atoms with Gasteiger partial charge in [0, 0.05) is 34.6 Å². The van der Waals surface area contributed by atoms with E-state index in [1.54, 1.807) is 13.2 Å². The summed E-state index contributed by atoms with van der Waals surface area (Å²) in [6.07, 6.45) is 0.923. The van der Waals surface area contributed by atoms with Gasteiger partial charge in [-0.3, -0.25) is 4.79 Å². The largest absolute Gasteiger partial charge is 0.495 e. The quantitative estimate of drug-likeness (QED) is 0.398. The lowest BCUT2D eigenvalue weighted by molar-refractivity contribution is 0.405. The molecule has 0 saturated carbocycles. The van der Waals surface area contributed by atoms with Crippen LogP contribution < -0.4 is 20.8 Å². The number of fused-ring (bicyclic) bond motifs is 1. The van der Waals surface area contributed by atoms with Gasteiger partial charge < -0.3 is 20.4 Å². The summed E-state index contributed by atoms with van der Waals surface area (Å²) in [5.41, 5.74) is 1.96. The fraction of sp³-hybridized carbons (Fsp3) is 0.250. The zero-order valence-corrected chi connectivity index (χ0v) is 18.1. The monoisotopic (exact) mass is 493 g/mol. The number of benzene rings is 2. The molecule has 0 amide bonds. The third-order valence-electron chi connectivity index (χ3n) is 4.19. The van der Waals surface area contributed by atoms with Gasteiger partial charge in [-0.2, -0.15) is 0 Å². The Morgan fingerprint density at radius 2 is 1.93 bits per heavy atom. The Kier molecular flexibility index (Phi) is 6.93. The summed E-state index contributed by atoms with van der Waals surface area (Å²) in [5, 5.41) is 7.41. The third kappa shape index (κ3) is 5.12. The van der Waals surface area contributed by atoms with Crippen LogP contribution in [0.3, 0.4) is 0 Å². The highest BCUT2D eigenvalue weighted by Crippen LogP contribution is 2.32. The highest BCUT2D eigenvalue weighted by atomic mass is 79.9. The van der Waals surface area contributed by atoms with Gasteiger partial charge in [-0.1, -0.05) is 28.1 Å². The molecule has 3 N–H and O–H groups in total. The van der Waals surface area contributed by atoms with Gasteiger partial charge in [0.25, 0.3) is 0 Å². The zero-order chi connectivity index (χ0) is 19.2. The molecule has 7 heteroatoms. The van der Waals surface area contributed by atoms with Gasteiger partial charge in [0.1, 0.15) is 11.6 Å². The van der Waals surface area contributed by atoms with E-state index in [2.05, 4.69) is 53.5 Å². The van der Waals surface area contributed by atoms with E-state index in [9.17, 15) is 4.79 Å². The van der Waals surface area contributed by atoms with Crippen molar-refractivity contribution in [3.63, 3.8) is 0 Å². The lowest BCUT2D eigenvalue weighted by atomic mass is 10.2. The van der Waals surface area contributed by atoms with Crippen molar-refractivity contribution in [1.29, 1.82) is 0 Å². The third-order valence-corrected chi connectivity index (χ3v) is 5.23. The molecule has 0 fully saturated rings. The van der Waals surface area contributed by atoms with Gasteiger partial charge in [-0.15, -0.1) is 0 Å². The summed E-state index contributed by atoms with van der Waals surface area (Å²) in [4.78, 5) is 15.4. The van der Waals surface area contributed by atoms with Gasteiger partial charge >= 0.3 is 0 Å². The van der Waals surface area contributed by atoms with Crippen LogP contribution in [0.25, 0.3) is 10.9 Å². The van der Waals surface area contributed by atoms with E-state index in [4.69, 9.17) is 4.74 Å². The van der Waals surface area contributed by atoms with E-state index in [0.29, 0.717) is 11.9 Å². The number of anilines is 1. The molecule has 0 unspecified atom stereocenters. The minimum atomic E-state index is 0.0253. The van der Waals surface area contributed by atoms with Crippen molar-refractivity contribution in [2.75, 3.05) is 25.5 Å². The molecular formula is C20H21Br2N3O2. The number of aromatic nitrogens is 1. The van der Waals surface area contributed by atoms with Crippen molar-refractivity contribution in [3.8, 4) is 5.75 Å². The minimum Gasteiger partial charge on any atom is -0.495 e. The van der Waals surface area contributed by atoms with E-state index in [-0.39, 0.29) is 5.43 Å². The minimum absolute atomic E-state index is 0.0253. The summed E-state index contributed by atoms with van der Waals surface area (Å²) in [5.74, 6) is 1.59. The molecule has 1 heterocycles. The van der Waals surface area contributed by atoms with Crippen molar-refractivity contribution < 1.29 is 4.74 Å². The molecule has 0 aliphatic heterocycles. The molecule has 0 bridgehead atoms. The van der Waals surface area contributed by atoms with Gasteiger partial charge in [0.2, 0.25) is 0 Å². The number of H-pyrrole nitrogens is 1. The smallest absolute Gasteiger partial charge is 0.191 e. The van der Waals surface area contributed by atoms with Crippen molar-refractivity contribution in [2.45, 2.75) is 13.0 Å². The number of hydrogen-bond donors (Lipinski definition) is 3. The molecule has 142 valence electrons. The number of nitrogens with one attached hydrogen (secondary N) is 3. The standard InChI is InChI=1S/C20H21Br2N3O2/c1-27-20-13(9-14(21)10-16(20)22)12-23-7-4-8-24-19-11-18(26)15-5-2-3-6-17(15)25-19/h2-3,5-6,9-11,23H,4,7-8,12H2,1H3,(H2,24,25,26). The Hall–Kier alpha value is -1.83. The average molecular weight is 495 g/mol. The second-order valence-corrected chi connectivity index (χ2v) is 7.90. The molecule has 27 heavy (non-hydrogen) atoms. The molecule has 0 spiro atoms. The molecular weight excluding hydrogens is 474 g/mol. The van der Waals surface area contributed by atoms with Gasteiger partial charge in [0.05, 0.1) is 17.1 Å².